The molecule has 0 atom stereocenters. The molecule has 0 aliphatic carbocycles. The SMILES string of the molecule is O=C(c1cccnc1F)N1CCc2ccccc2C1. The Labute approximate surface area is 110 Å². The summed E-state index contributed by atoms with van der Waals surface area (Å²) in [6.07, 6.45) is 2.15. The van der Waals surface area contributed by atoms with Crippen LogP contribution in [0, 0.1) is 5.95 Å². The van der Waals surface area contributed by atoms with Gasteiger partial charge in [0, 0.05) is 19.3 Å². The zero-order valence-electron chi connectivity index (χ0n) is 10.3. The van der Waals surface area contributed by atoms with Crippen LogP contribution in [0.15, 0.2) is 42.6 Å². The fraction of sp³-hybridized carbons (Fsp3) is 0.200. The summed E-state index contributed by atoms with van der Waals surface area (Å²) < 4.78 is 13.5. The maximum Gasteiger partial charge on any atom is 0.258 e. The van der Waals surface area contributed by atoms with Gasteiger partial charge < -0.3 is 4.90 Å². The number of fused-ring (bicyclic) bond motifs is 1. The molecule has 0 saturated heterocycles. The molecule has 1 aromatic carbocycles. The highest BCUT2D eigenvalue weighted by Gasteiger charge is 2.23. The van der Waals surface area contributed by atoms with Crippen LogP contribution >= 0.6 is 0 Å². The standard InChI is InChI=1S/C15H13FN2O/c16-14-13(6-3-8-17-14)15(19)18-9-7-11-4-1-2-5-12(11)10-18/h1-6,8H,7,9-10H2. The van der Waals surface area contributed by atoms with Gasteiger partial charge in [0.05, 0.1) is 5.56 Å². The molecule has 0 N–H and O–H groups in total. The summed E-state index contributed by atoms with van der Waals surface area (Å²) in [6.45, 7) is 1.15. The summed E-state index contributed by atoms with van der Waals surface area (Å²) in [6, 6.07) is 11.1. The van der Waals surface area contributed by atoms with Crippen molar-refractivity contribution < 1.29 is 9.18 Å². The van der Waals surface area contributed by atoms with E-state index in [-0.39, 0.29) is 11.5 Å². The maximum absolute atomic E-state index is 13.5. The quantitative estimate of drug-likeness (QED) is 0.734. The number of aromatic nitrogens is 1. The first kappa shape index (κ1) is 11.8. The van der Waals surface area contributed by atoms with Gasteiger partial charge >= 0.3 is 0 Å². The molecule has 1 aromatic heterocycles. The van der Waals surface area contributed by atoms with Gasteiger partial charge in [-0.2, -0.15) is 4.39 Å². The Balaban J connectivity index is 1.86. The predicted octanol–water partition coefficient (Wildman–Crippen LogP) is 2.42. The van der Waals surface area contributed by atoms with Gasteiger partial charge in [0.2, 0.25) is 5.95 Å². The van der Waals surface area contributed by atoms with E-state index in [0.717, 1.165) is 12.0 Å². The Morgan fingerprint density at radius 3 is 2.74 bits per heavy atom. The summed E-state index contributed by atoms with van der Waals surface area (Å²) in [7, 11) is 0. The van der Waals surface area contributed by atoms with Crippen molar-refractivity contribution in [2.24, 2.45) is 0 Å². The van der Waals surface area contributed by atoms with Gasteiger partial charge in [-0.05, 0) is 29.7 Å². The third-order valence-corrected chi connectivity index (χ3v) is 3.41. The fourth-order valence-electron chi connectivity index (χ4n) is 2.38. The third kappa shape index (κ3) is 2.21. The van der Waals surface area contributed by atoms with E-state index < -0.39 is 5.95 Å². The van der Waals surface area contributed by atoms with Crippen molar-refractivity contribution in [2.45, 2.75) is 13.0 Å². The average Bonchev–Trinajstić information content (AvgIpc) is 2.46. The lowest BCUT2D eigenvalue weighted by Gasteiger charge is -2.28. The molecular weight excluding hydrogens is 243 g/mol. The van der Waals surface area contributed by atoms with Crippen molar-refractivity contribution in [1.82, 2.24) is 9.88 Å². The van der Waals surface area contributed by atoms with Gasteiger partial charge in [0.1, 0.15) is 0 Å². The first-order valence-corrected chi connectivity index (χ1v) is 6.22. The number of amides is 1. The van der Waals surface area contributed by atoms with E-state index in [1.165, 1.54) is 17.8 Å². The normalized spacial score (nSPS) is 14.1. The molecule has 19 heavy (non-hydrogen) atoms. The number of hydrogen-bond donors (Lipinski definition) is 0. The molecule has 96 valence electrons. The summed E-state index contributed by atoms with van der Waals surface area (Å²) >= 11 is 0. The Bertz CT molecular complexity index is 627. The first-order valence-electron chi connectivity index (χ1n) is 6.22. The number of halogens is 1. The highest BCUT2D eigenvalue weighted by atomic mass is 19.1. The molecule has 1 aliphatic heterocycles. The van der Waals surface area contributed by atoms with E-state index in [1.54, 1.807) is 11.0 Å². The molecule has 1 amide bonds. The van der Waals surface area contributed by atoms with Crippen LogP contribution in [0.4, 0.5) is 4.39 Å². The van der Waals surface area contributed by atoms with Gasteiger partial charge in [-0.25, -0.2) is 4.98 Å². The Kier molecular flexibility index (Phi) is 2.99. The lowest BCUT2D eigenvalue weighted by Crippen LogP contribution is -2.36. The van der Waals surface area contributed by atoms with E-state index in [2.05, 4.69) is 11.1 Å². The number of benzene rings is 1. The second-order valence-electron chi connectivity index (χ2n) is 4.59. The van der Waals surface area contributed by atoms with E-state index in [9.17, 15) is 9.18 Å². The largest absolute Gasteiger partial charge is 0.334 e. The highest BCUT2D eigenvalue weighted by Crippen LogP contribution is 2.20. The topological polar surface area (TPSA) is 33.2 Å². The van der Waals surface area contributed by atoms with Crippen LogP contribution in [0.1, 0.15) is 21.5 Å². The summed E-state index contributed by atoms with van der Waals surface area (Å²) in [5.74, 6) is -0.994. The van der Waals surface area contributed by atoms with Gasteiger partial charge in [0.25, 0.3) is 5.91 Å². The summed E-state index contributed by atoms with van der Waals surface area (Å²) in [5, 5.41) is 0. The average molecular weight is 256 g/mol. The van der Waals surface area contributed by atoms with Gasteiger partial charge in [-0.1, -0.05) is 24.3 Å². The van der Waals surface area contributed by atoms with E-state index in [4.69, 9.17) is 0 Å². The van der Waals surface area contributed by atoms with Crippen molar-refractivity contribution in [3.05, 3.63) is 65.2 Å². The molecule has 0 unspecified atom stereocenters. The number of nitrogens with zero attached hydrogens (tertiary/aromatic N) is 2. The lowest BCUT2D eigenvalue weighted by atomic mass is 9.99. The first-order chi connectivity index (χ1) is 9.25. The number of rotatable bonds is 1. The summed E-state index contributed by atoms with van der Waals surface area (Å²) in [4.78, 5) is 17.5. The van der Waals surface area contributed by atoms with E-state index in [1.807, 2.05) is 18.2 Å². The minimum atomic E-state index is -0.702. The highest BCUT2D eigenvalue weighted by molar-refractivity contribution is 5.94. The van der Waals surface area contributed by atoms with Gasteiger partial charge in [0.15, 0.2) is 0 Å². The van der Waals surface area contributed by atoms with Crippen molar-refractivity contribution >= 4 is 5.91 Å². The minimum Gasteiger partial charge on any atom is -0.334 e. The number of hydrogen-bond acceptors (Lipinski definition) is 2. The van der Waals surface area contributed by atoms with Crippen LogP contribution < -0.4 is 0 Å². The zero-order chi connectivity index (χ0) is 13.2. The number of carbonyl (C=O) groups excluding carboxylic acids is 1. The van der Waals surface area contributed by atoms with Crippen LogP contribution in [-0.2, 0) is 13.0 Å². The lowest BCUT2D eigenvalue weighted by molar-refractivity contribution is 0.0729. The van der Waals surface area contributed by atoms with Crippen molar-refractivity contribution in [3.8, 4) is 0 Å². The maximum atomic E-state index is 13.5. The van der Waals surface area contributed by atoms with Gasteiger partial charge in [-0.3, -0.25) is 4.79 Å². The number of carbonyl (C=O) groups is 1. The zero-order valence-corrected chi connectivity index (χ0v) is 10.3. The molecule has 3 rings (SSSR count). The predicted molar refractivity (Wildman–Crippen MR) is 69.1 cm³/mol. The second-order valence-corrected chi connectivity index (χ2v) is 4.59. The van der Waals surface area contributed by atoms with Crippen molar-refractivity contribution in [1.29, 1.82) is 0 Å². The van der Waals surface area contributed by atoms with Crippen LogP contribution in [0.3, 0.4) is 0 Å². The molecule has 0 saturated carbocycles. The molecule has 0 fully saturated rings. The molecule has 1 aliphatic rings. The van der Waals surface area contributed by atoms with Crippen molar-refractivity contribution in [2.75, 3.05) is 6.54 Å². The molecule has 0 bridgehead atoms. The van der Waals surface area contributed by atoms with E-state index in [0.29, 0.717) is 13.1 Å². The molecular formula is C15H13FN2O. The van der Waals surface area contributed by atoms with Gasteiger partial charge in [-0.15, -0.1) is 0 Å². The molecule has 3 nitrogen and oxygen atoms in total. The summed E-state index contributed by atoms with van der Waals surface area (Å²) in [5.41, 5.74) is 2.44. The molecule has 0 radical (unpaired) electrons. The van der Waals surface area contributed by atoms with Crippen LogP contribution in [-0.4, -0.2) is 22.3 Å². The molecule has 2 aromatic rings. The van der Waals surface area contributed by atoms with Crippen LogP contribution in [0.5, 0.6) is 0 Å². The minimum absolute atomic E-state index is 0.0434. The monoisotopic (exact) mass is 256 g/mol. The molecule has 4 heteroatoms. The Hall–Kier alpha value is -2.23. The molecule has 0 spiro atoms. The number of pyridine rings is 1. The van der Waals surface area contributed by atoms with Crippen LogP contribution in [0.25, 0.3) is 0 Å². The van der Waals surface area contributed by atoms with Crippen LogP contribution in [0.2, 0.25) is 0 Å². The molecule has 2 heterocycles. The van der Waals surface area contributed by atoms with Crippen molar-refractivity contribution in [3.63, 3.8) is 0 Å². The Morgan fingerprint density at radius 1 is 1.16 bits per heavy atom. The fourth-order valence-corrected chi connectivity index (χ4v) is 2.38. The third-order valence-electron chi connectivity index (χ3n) is 3.41. The van der Waals surface area contributed by atoms with E-state index >= 15 is 0 Å². The Morgan fingerprint density at radius 2 is 1.95 bits per heavy atom. The second kappa shape index (κ2) is 4.80. The smallest absolute Gasteiger partial charge is 0.258 e.